The molecule has 27 heavy (non-hydrogen) atoms. The van der Waals surface area contributed by atoms with Crippen LogP contribution in [0.3, 0.4) is 0 Å². The number of hydrogen-bond donors (Lipinski definition) is 1. The average molecular weight is 391 g/mol. The topological polar surface area (TPSA) is 58.6 Å². The molecule has 2 aromatic carbocycles. The summed E-state index contributed by atoms with van der Waals surface area (Å²) in [6.07, 6.45) is 1.48. The SMILES string of the molecule is O=C(Nc1ccccc1)C1CCCN(C(=O)COc2ccc(F)cc2Cl)C1. The number of benzene rings is 2. The Bertz CT molecular complexity index is 816. The Morgan fingerprint density at radius 1 is 1.22 bits per heavy atom. The third-order valence-electron chi connectivity index (χ3n) is 4.43. The molecule has 142 valence electrons. The van der Waals surface area contributed by atoms with E-state index in [9.17, 15) is 14.0 Å². The van der Waals surface area contributed by atoms with Crippen LogP contribution in [0.5, 0.6) is 5.75 Å². The van der Waals surface area contributed by atoms with Gasteiger partial charge in [-0.15, -0.1) is 0 Å². The van der Waals surface area contributed by atoms with Crippen molar-refractivity contribution in [2.24, 2.45) is 5.92 Å². The standard InChI is InChI=1S/C20H20ClFN2O3/c21-17-11-15(22)8-9-18(17)27-13-19(25)24-10-4-5-14(12-24)20(26)23-16-6-2-1-3-7-16/h1-3,6-9,11,14H,4-5,10,12-13H2,(H,23,26). The summed E-state index contributed by atoms with van der Waals surface area (Å²) >= 11 is 5.90. The first-order chi connectivity index (χ1) is 13.0. The maximum absolute atomic E-state index is 13.1. The number of carbonyl (C=O) groups excluding carboxylic acids is 2. The fourth-order valence-corrected chi connectivity index (χ4v) is 3.23. The van der Waals surface area contributed by atoms with E-state index in [-0.39, 0.29) is 35.1 Å². The van der Waals surface area contributed by atoms with E-state index in [2.05, 4.69) is 5.32 Å². The zero-order valence-electron chi connectivity index (χ0n) is 14.7. The molecule has 1 fully saturated rings. The number of likely N-dealkylation sites (tertiary alicyclic amines) is 1. The second-order valence-electron chi connectivity index (χ2n) is 6.40. The van der Waals surface area contributed by atoms with Gasteiger partial charge in [-0.25, -0.2) is 4.39 Å². The first kappa shape index (κ1) is 19.2. The molecule has 0 bridgehead atoms. The summed E-state index contributed by atoms with van der Waals surface area (Å²) < 4.78 is 18.5. The van der Waals surface area contributed by atoms with Gasteiger partial charge in [-0.05, 0) is 43.2 Å². The van der Waals surface area contributed by atoms with Crippen LogP contribution in [0.4, 0.5) is 10.1 Å². The summed E-state index contributed by atoms with van der Waals surface area (Å²) in [5.41, 5.74) is 0.736. The fraction of sp³-hybridized carbons (Fsp3) is 0.300. The molecule has 0 radical (unpaired) electrons. The van der Waals surface area contributed by atoms with Crippen molar-refractivity contribution in [2.45, 2.75) is 12.8 Å². The molecule has 1 N–H and O–H groups in total. The highest BCUT2D eigenvalue weighted by Crippen LogP contribution is 2.25. The summed E-state index contributed by atoms with van der Waals surface area (Å²) in [5.74, 6) is -0.810. The van der Waals surface area contributed by atoms with Crippen molar-refractivity contribution >= 4 is 29.1 Å². The fourth-order valence-electron chi connectivity index (χ4n) is 3.01. The van der Waals surface area contributed by atoms with E-state index >= 15 is 0 Å². The normalized spacial score (nSPS) is 16.7. The van der Waals surface area contributed by atoms with Gasteiger partial charge >= 0.3 is 0 Å². The second kappa shape index (κ2) is 8.86. The van der Waals surface area contributed by atoms with E-state index in [0.717, 1.165) is 24.6 Å². The van der Waals surface area contributed by atoms with Gasteiger partial charge in [0.05, 0.1) is 10.9 Å². The van der Waals surface area contributed by atoms with E-state index in [0.29, 0.717) is 13.1 Å². The molecule has 0 aliphatic carbocycles. The smallest absolute Gasteiger partial charge is 0.260 e. The molecule has 7 heteroatoms. The zero-order valence-corrected chi connectivity index (χ0v) is 15.4. The number of anilines is 1. The summed E-state index contributed by atoms with van der Waals surface area (Å²) in [7, 11) is 0. The highest BCUT2D eigenvalue weighted by molar-refractivity contribution is 6.32. The van der Waals surface area contributed by atoms with Gasteiger partial charge in [0.15, 0.2) is 6.61 Å². The molecule has 0 aromatic heterocycles. The largest absolute Gasteiger partial charge is 0.482 e. The quantitative estimate of drug-likeness (QED) is 0.846. The van der Waals surface area contributed by atoms with E-state index in [1.54, 1.807) is 4.90 Å². The van der Waals surface area contributed by atoms with Crippen LogP contribution in [0.1, 0.15) is 12.8 Å². The zero-order chi connectivity index (χ0) is 19.2. The average Bonchev–Trinajstić information content (AvgIpc) is 2.68. The number of piperidine rings is 1. The lowest BCUT2D eigenvalue weighted by Gasteiger charge is -2.32. The van der Waals surface area contributed by atoms with Crippen molar-refractivity contribution in [1.29, 1.82) is 0 Å². The Hall–Kier alpha value is -2.60. The highest BCUT2D eigenvalue weighted by Gasteiger charge is 2.28. The molecule has 3 rings (SSSR count). The van der Waals surface area contributed by atoms with Crippen molar-refractivity contribution in [1.82, 2.24) is 4.90 Å². The number of carbonyl (C=O) groups is 2. The first-order valence-corrected chi connectivity index (χ1v) is 9.12. The number of ether oxygens (including phenoxy) is 1. The predicted octanol–water partition coefficient (Wildman–Crippen LogP) is 3.74. The molecule has 2 amide bonds. The Morgan fingerprint density at radius 3 is 2.74 bits per heavy atom. The number of rotatable bonds is 5. The molecule has 0 spiro atoms. The van der Waals surface area contributed by atoms with Crippen molar-refractivity contribution in [2.75, 3.05) is 25.0 Å². The summed E-state index contributed by atoms with van der Waals surface area (Å²) in [6, 6.07) is 13.0. The molecular weight excluding hydrogens is 371 g/mol. The number of nitrogens with zero attached hydrogens (tertiary/aromatic N) is 1. The Kier molecular flexibility index (Phi) is 6.29. The maximum Gasteiger partial charge on any atom is 0.260 e. The van der Waals surface area contributed by atoms with Crippen molar-refractivity contribution < 1.29 is 18.7 Å². The lowest BCUT2D eigenvalue weighted by atomic mass is 9.97. The van der Waals surface area contributed by atoms with Crippen LogP contribution in [0.25, 0.3) is 0 Å². The van der Waals surface area contributed by atoms with Gasteiger partial charge in [0.2, 0.25) is 5.91 Å². The van der Waals surface area contributed by atoms with Crippen molar-refractivity contribution in [3.8, 4) is 5.75 Å². The molecule has 1 atom stereocenters. The van der Waals surface area contributed by atoms with E-state index in [4.69, 9.17) is 16.3 Å². The van der Waals surface area contributed by atoms with Gasteiger partial charge in [-0.1, -0.05) is 29.8 Å². The molecule has 1 aliphatic rings. The Morgan fingerprint density at radius 2 is 2.00 bits per heavy atom. The van der Waals surface area contributed by atoms with Gasteiger partial charge in [-0.3, -0.25) is 9.59 Å². The summed E-state index contributed by atoms with van der Waals surface area (Å²) in [6.45, 7) is 0.713. The second-order valence-corrected chi connectivity index (χ2v) is 6.80. The molecule has 2 aromatic rings. The third-order valence-corrected chi connectivity index (χ3v) is 4.73. The molecular formula is C20H20ClFN2O3. The predicted molar refractivity (Wildman–Crippen MR) is 101 cm³/mol. The highest BCUT2D eigenvalue weighted by atomic mass is 35.5. The van der Waals surface area contributed by atoms with E-state index < -0.39 is 5.82 Å². The Balaban J connectivity index is 1.53. The maximum atomic E-state index is 13.1. The minimum Gasteiger partial charge on any atom is -0.482 e. The molecule has 1 unspecified atom stereocenters. The molecule has 5 nitrogen and oxygen atoms in total. The monoisotopic (exact) mass is 390 g/mol. The summed E-state index contributed by atoms with van der Waals surface area (Å²) in [4.78, 5) is 26.5. The number of nitrogens with one attached hydrogen (secondary N) is 1. The van der Waals surface area contributed by atoms with Crippen LogP contribution < -0.4 is 10.1 Å². The molecule has 1 aliphatic heterocycles. The van der Waals surface area contributed by atoms with Gasteiger partial charge in [0, 0.05) is 18.8 Å². The summed E-state index contributed by atoms with van der Waals surface area (Å²) in [5, 5.41) is 2.99. The molecule has 1 saturated heterocycles. The van der Waals surface area contributed by atoms with Crippen LogP contribution in [-0.2, 0) is 9.59 Å². The van der Waals surface area contributed by atoms with Gasteiger partial charge in [0.1, 0.15) is 11.6 Å². The number of amides is 2. The molecule has 1 heterocycles. The van der Waals surface area contributed by atoms with E-state index in [1.807, 2.05) is 30.3 Å². The molecule has 0 saturated carbocycles. The van der Waals surface area contributed by atoms with Crippen LogP contribution in [0.15, 0.2) is 48.5 Å². The minimum absolute atomic E-state index is 0.0961. The van der Waals surface area contributed by atoms with Gasteiger partial charge in [0.25, 0.3) is 5.91 Å². The van der Waals surface area contributed by atoms with Gasteiger partial charge < -0.3 is 15.0 Å². The first-order valence-electron chi connectivity index (χ1n) is 8.74. The third kappa shape index (κ3) is 5.20. The van der Waals surface area contributed by atoms with Crippen LogP contribution >= 0.6 is 11.6 Å². The lowest BCUT2D eigenvalue weighted by molar-refractivity contribution is -0.136. The number of hydrogen-bond acceptors (Lipinski definition) is 3. The van der Waals surface area contributed by atoms with Crippen molar-refractivity contribution in [3.05, 3.63) is 59.4 Å². The number of halogens is 2. The lowest BCUT2D eigenvalue weighted by Crippen LogP contribution is -2.45. The van der Waals surface area contributed by atoms with Crippen LogP contribution in [0.2, 0.25) is 5.02 Å². The van der Waals surface area contributed by atoms with Crippen LogP contribution in [-0.4, -0.2) is 36.4 Å². The number of para-hydroxylation sites is 1. The van der Waals surface area contributed by atoms with E-state index in [1.165, 1.54) is 12.1 Å². The minimum atomic E-state index is -0.470. The van der Waals surface area contributed by atoms with Gasteiger partial charge in [-0.2, -0.15) is 0 Å². The Labute approximate surface area is 162 Å². The van der Waals surface area contributed by atoms with Crippen LogP contribution in [0, 0.1) is 11.7 Å². The van der Waals surface area contributed by atoms with Crippen molar-refractivity contribution in [3.63, 3.8) is 0 Å².